The lowest BCUT2D eigenvalue weighted by Crippen LogP contribution is -2.41. The summed E-state index contributed by atoms with van der Waals surface area (Å²) in [5, 5.41) is 6.51. The van der Waals surface area contributed by atoms with E-state index < -0.39 is 5.41 Å². The van der Waals surface area contributed by atoms with Crippen molar-refractivity contribution in [3.63, 3.8) is 0 Å². The maximum absolute atomic E-state index is 11.9. The van der Waals surface area contributed by atoms with Gasteiger partial charge in [0.1, 0.15) is 5.75 Å². The number of nitrogens with zero attached hydrogens (tertiary/aromatic N) is 1. The van der Waals surface area contributed by atoms with Gasteiger partial charge in [0.05, 0.1) is 16.8 Å². The molecule has 118 valence electrons. The maximum Gasteiger partial charge on any atom is 0.231 e. The number of hydrogen-bond acceptors (Lipinski definition) is 5. The number of amides is 1. The van der Waals surface area contributed by atoms with Gasteiger partial charge < -0.3 is 15.4 Å². The first-order chi connectivity index (χ1) is 10.3. The maximum atomic E-state index is 11.9. The summed E-state index contributed by atoms with van der Waals surface area (Å²) in [5.41, 5.74) is 0.368. The lowest BCUT2D eigenvalue weighted by atomic mass is 9.96. The molecule has 0 saturated heterocycles. The zero-order valence-electron chi connectivity index (χ0n) is 13.0. The SMILES string of the molecule is CCOc1ccc2nc(NC(=S)NC(=O)C(C)(C)C)sc2c1. The van der Waals surface area contributed by atoms with Crippen molar-refractivity contribution in [3.05, 3.63) is 18.2 Å². The Morgan fingerprint density at radius 1 is 1.41 bits per heavy atom. The second-order valence-corrected chi connectivity index (χ2v) is 7.18. The van der Waals surface area contributed by atoms with Crippen LogP contribution in [-0.4, -0.2) is 22.6 Å². The lowest BCUT2D eigenvalue weighted by Gasteiger charge is -2.17. The molecule has 0 saturated carbocycles. The fourth-order valence-corrected chi connectivity index (χ4v) is 2.79. The molecule has 22 heavy (non-hydrogen) atoms. The van der Waals surface area contributed by atoms with Crippen molar-refractivity contribution in [1.29, 1.82) is 0 Å². The van der Waals surface area contributed by atoms with Crippen molar-refractivity contribution in [1.82, 2.24) is 10.3 Å². The molecule has 1 amide bonds. The third-order valence-electron chi connectivity index (χ3n) is 2.80. The lowest BCUT2D eigenvalue weighted by molar-refractivity contribution is -0.126. The molecule has 0 aliphatic heterocycles. The number of nitrogens with one attached hydrogen (secondary N) is 2. The summed E-state index contributed by atoms with van der Waals surface area (Å²) in [5.74, 6) is 0.679. The Morgan fingerprint density at radius 3 is 2.77 bits per heavy atom. The smallest absolute Gasteiger partial charge is 0.231 e. The highest BCUT2D eigenvalue weighted by Crippen LogP contribution is 2.29. The van der Waals surface area contributed by atoms with Gasteiger partial charge in [-0.2, -0.15) is 0 Å². The van der Waals surface area contributed by atoms with E-state index in [1.165, 1.54) is 11.3 Å². The molecule has 0 spiro atoms. The number of rotatable bonds is 3. The van der Waals surface area contributed by atoms with Gasteiger partial charge in [0.15, 0.2) is 10.2 Å². The molecule has 1 aromatic carbocycles. The van der Waals surface area contributed by atoms with Crippen LogP contribution < -0.4 is 15.4 Å². The van der Waals surface area contributed by atoms with E-state index >= 15 is 0 Å². The third-order valence-corrected chi connectivity index (χ3v) is 3.94. The first-order valence-corrected chi connectivity index (χ1v) is 8.18. The molecule has 5 nitrogen and oxygen atoms in total. The Morgan fingerprint density at radius 2 is 2.14 bits per heavy atom. The van der Waals surface area contributed by atoms with Crippen LogP contribution in [0, 0.1) is 5.41 Å². The summed E-state index contributed by atoms with van der Waals surface area (Å²) in [7, 11) is 0. The molecule has 2 aromatic rings. The molecule has 0 bridgehead atoms. The van der Waals surface area contributed by atoms with Gasteiger partial charge >= 0.3 is 0 Å². The standard InChI is InChI=1S/C15H19N3O2S2/c1-5-20-9-6-7-10-11(8-9)22-14(16-10)18-13(21)17-12(19)15(2,3)4/h6-8H,5H2,1-4H3,(H2,16,17,18,19,21). The highest BCUT2D eigenvalue weighted by Gasteiger charge is 2.22. The number of aromatic nitrogens is 1. The Hall–Kier alpha value is -1.73. The van der Waals surface area contributed by atoms with Crippen LogP contribution in [0.3, 0.4) is 0 Å². The molecule has 7 heteroatoms. The van der Waals surface area contributed by atoms with E-state index in [0.717, 1.165) is 16.0 Å². The highest BCUT2D eigenvalue weighted by molar-refractivity contribution is 7.80. The van der Waals surface area contributed by atoms with Crippen molar-refractivity contribution in [2.45, 2.75) is 27.7 Å². The van der Waals surface area contributed by atoms with Gasteiger partial charge in [0, 0.05) is 5.41 Å². The average molecular weight is 337 g/mol. The summed E-state index contributed by atoms with van der Waals surface area (Å²) >= 11 is 6.61. The third kappa shape index (κ3) is 4.14. The van der Waals surface area contributed by atoms with Crippen LogP contribution in [0.1, 0.15) is 27.7 Å². The van der Waals surface area contributed by atoms with Gasteiger partial charge in [-0.3, -0.25) is 4.79 Å². The number of hydrogen-bond donors (Lipinski definition) is 2. The van der Waals surface area contributed by atoms with E-state index in [0.29, 0.717) is 11.7 Å². The minimum absolute atomic E-state index is 0.134. The number of anilines is 1. The number of ether oxygens (including phenoxy) is 1. The summed E-state index contributed by atoms with van der Waals surface area (Å²) in [6.07, 6.45) is 0. The largest absolute Gasteiger partial charge is 0.494 e. The van der Waals surface area contributed by atoms with Crippen molar-refractivity contribution in [2.75, 3.05) is 11.9 Å². The van der Waals surface area contributed by atoms with Gasteiger partial charge in [0.25, 0.3) is 0 Å². The molecule has 1 aromatic heterocycles. The van der Waals surface area contributed by atoms with E-state index in [9.17, 15) is 4.79 Å². The van der Waals surface area contributed by atoms with E-state index in [-0.39, 0.29) is 11.0 Å². The molecule has 1 heterocycles. The normalized spacial score (nSPS) is 11.3. The van der Waals surface area contributed by atoms with Crippen LogP contribution in [0.25, 0.3) is 10.2 Å². The number of carbonyl (C=O) groups excluding carboxylic acids is 1. The predicted molar refractivity (Wildman–Crippen MR) is 94.6 cm³/mol. The van der Waals surface area contributed by atoms with Gasteiger partial charge in [-0.15, -0.1) is 0 Å². The molecule has 2 rings (SSSR count). The average Bonchev–Trinajstić information content (AvgIpc) is 2.79. The number of fused-ring (bicyclic) bond motifs is 1. The molecule has 0 fully saturated rings. The van der Waals surface area contributed by atoms with Crippen LogP contribution in [0.2, 0.25) is 0 Å². The van der Waals surface area contributed by atoms with Crippen molar-refractivity contribution < 1.29 is 9.53 Å². The van der Waals surface area contributed by atoms with Gasteiger partial charge in [-0.25, -0.2) is 4.98 Å². The van der Waals surface area contributed by atoms with Crippen molar-refractivity contribution in [3.8, 4) is 5.75 Å². The minimum Gasteiger partial charge on any atom is -0.494 e. The van der Waals surface area contributed by atoms with E-state index in [4.69, 9.17) is 17.0 Å². The zero-order chi connectivity index (χ0) is 16.3. The number of carbonyl (C=O) groups is 1. The summed E-state index contributed by atoms with van der Waals surface area (Å²) < 4.78 is 6.47. The summed E-state index contributed by atoms with van der Waals surface area (Å²) in [6, 6.07) is 5.73. The predicted octanol–water partition coefficient (Wildman–Crippen LogP) is 3.55. The number of thiocarbonyl (C=S) groups is 1. The first-order valence-electron chi connectivity index (χ1n) is 6.95. The Labute approximate surface area is 139 Å². The van der Waals surface area contributed by atoms with Crippen LogP contribution in [-0.2, 0) is 4.79 Å². The van der Waals surface area contributed by atoms with Crippen molar-refractivity contribution in [2.24, 2.45) is 5.41 Å². The molecule has 0 aliphatic rings. The van der Waals surface area contributed by atoms with Gasteiger partial charge in [0.2, 0.25) is 5.91 Å². The van der Waals surface area contributed by atoms with Crippen LogP contribution in [0.15, 0.2) is 18.2 Å². The molecule has 0 atom stereocenters. The quantitative estimate of drug-likeness (QED) is 0.839. The second-order valence-electron chi connectivity index (χ2n) is 5.74. The Bertz CT molecular complexity index is 704. The highest BCUT2D eigenvalue weighted by atomic mass is 32.1. The second kappa shape index (κ2) is 6.58. The van der Waals surface area contributed by atoms with Gasteiger partial charge in [-0.05, 0) is 37.3 Å². The Balaban J connectivity index is 2.08. The molecule has 0 unspecified atom stereocenters. The fraction of sp³-hybridized carbons (Fsp3) is 0.400. The zero-order valence-corrected chi connectivity index (χ0v) is 14.7. The first kappa shape index (κ1) is 16.6. The fourth-order valence-electron chi connectivity index (χ4n) is 1.63. The van der Waals surface area contributed by atoms with E-state index in [2.05, 4.69) is 15.6 Å². The number of thiazole rings is 1. The molecule has 2 N–H and O–H groups in total. The summed E-state index contributed by atoms with van der Waals surface area (Å²) in [6.45, 7) is 8.06. The van der Waals surface area contributed by atoms with Crippen LogP contribution >= 0.6 is 23.6 Å². The molecular formula is C15H19N3O2S2. The molecule has 0 radical (unpaired) electrons. The van der Waals surface area contributed by atoms with Crippen LogP contribution in [0.4, 0.5) is 5.13 Å². The van der Waals surface area contributed by atoms with Gasteiger partial charge in [-0.1, -0.05) is 32.1 Å². The summed E-state index contributed by atoms with van der Waals surface area (Å²) in [4.78, 5) is 16.3. The minimum atomic E-state index is -0.494. The van der Waals surface area contributed by atoms with Crippen LogP contribution in [0.5, 0.6) is 5.75 Å². The Kier molecular flexibility index (Phi) is 4.97. The van der Waals surface area contributed by atoms with Crippen molar-refractivity contribution >= 4 is 49.9 Å². The van der Waals surface area contributed by atoms with E-state index in [1.807, 2.05) is 45.9 Å². The monoisotopic (exact) mass is 337 g/mol. The topological polar surface area (TPSA) is 63.2 Å². The van der Waals surface area contributed by atoms with E-state index in [1.54, 1.807) is 0 Å². The number of benzene rings is 1. The molecule has 0 aliphatic carbocycles. The molecular weight excluding hydrogens is 318 g/mol.